The van der Waals surface area contributed by atoms with Gasteiger partial charge in [0.1, 0.15) is 11.3 Å². The third kappa shape index (κ3) is 5.23. The van der Waals surface area contributed by atoms with Gasteiger partial charge in [0.25, 0.3) is 0 Å². The number of ether oxygens (including phenoxy) is 1. The Hall–Kier alpha value is -3.62. The van der Waals surface area contributed by atoms with Crippen LogP contribution in [0.2, 0.25) is 0 Å². The van der Waals surface area contributed by atoms with E-state index in [4.69, 9.17) is 4.74 Å². The third-order valence-corrected chi connectivity index (χ3v) is 5.31. The first-order chi connectivity index (χ1) is 16.5. The van der Waals surface area contributed by atoms with E-state index < -0.39 is 34.4 Å². The maximum Gasteiger partial charge on any atom is 0.429 e. The zero-order chi connectivity index (χ0) is 25.4. The summed E-state index contributed by atoms with van der Waals surface area (Å²) in [5, 5.41) is 6.74. The molecule has 0 atom stereocenters. The minimum Gasteiger partial charge on any atom is -0.477 e. The monoisotopic (exact) mass is 515 g/mol. The summed E-state index contributed by atoms with van der Waals surface area (Å²) in [4.78, 5) is 15.1. The molecule has 0 aliphatic rings. The van der Waals surface area contributed by atoms with Crippen LogP contribution in [0, 0.1) is 6.92 Å². The summed E-state index contributed by atoms with van der Waals surface area (Å²) in [6.45, 7) is 3.38. The lowest BCUT2D eigenvalue weighted by atomic mass is 10.1. The molecule has 15 heteroatoms. The van der Waals surface area contributed by atoms with Gasteiger partial charge in [0, 0.05) is 17.3 Å². The number of hydrogen-bond donors (Lipinski definition) is 1. The Bertz CT molecular complexity index is 1370. The molecule has 0 saturated heterocycles. The molecule has 0 amide bonds. The molecule has 4 heterocycles. The van der Waals surface area contributed by atoms with Crippen molar-refractivity contribution in [1.29, 1.82) is 0 Å². The predicted molar refractivity (Wildman–Crippen MR) is 114 cm³/mol. The lowest BCUT2D eigenvalue weighted by Gasteiger charge is -2.14. The van der Waals surface area contributed by atoms with Gasteiger partial charge in [-0.1, -0.05) is 11.4 Å². The van der Waals surface area contributed by atoms with Crippen LogP contribution >= 0.6 is 11.5 Å². The zero-order valence-electron chi connectivity index (χ0n) is 18.0. The van der Waals surface area contributed by atoms with Crippen molar-refractivity contribution in [3.05, 3.63) is 40.5 Å². The number of aryl methyl sites for hydroxylation is 1. The first kappa shape index (κ1) is 24.5. The highest BCUT2D eigenvalue weighted by molar-refractivity contribution is 7.06. The second kappa shape index (κ2) is 9.20. The second-order valence-electron chi connectivity index (χ2n) is 7.21. The summed E-state index contributed by atoms with van der Waals surface area (Å²) in [6, 6.07) is 4.35. The summed E-state index contributed by atoms with van der Waals surface area (Å²) in [7, 11) is 0. The fourth-order valence-electron chi connectivity index (χ4n) is 3.06. The molecule has 0 fully saturated rings. The number of halogens is 6. The standard InChI is InChI=1S/C20H15F6N7OS/c1-3-6-34-17-11(19(21,22)23)8-27-18(31-17)30-13-7-9(2)28-16-10(13)4-5-12(29-16)14-15(20(24,25)26)35-33-32-14/h4-5,7-8H,3,6H2,1-2H3,(H,27,28,29,30,31). The molecule has 4 rings (SSSR count). The van der Waals surface area contributed by atoms with E-state index in [1.165, 1.54) is 12.1 Å². The van der Waals surface area contributed by atoms with Gasteiger partial charge in [-0.3, -0.25) is 0 Å². The largest absolute Gasteiger partial charge is 0.477 e. The lowest BCUT2D eigenvalue weighted by molar-refractivity contribution is -0.139. The van der Waals surface area contributed by atoms with E-state index in [1.54, 1.807) is 19.9 Å². The first-order valence-electron chi connectivity index (χ1n) is 9.99. The molecule has 0 aliphatic carbocycles. The molecule has 0 saturated carbocycles. The SMILES string of the molecule is CCCOc1nc(Nc2cc(C)nc3nc(-c4nnsc4C(F)(F)F)ccc23)ncc1C(F)(F)F. The van der Waals surface area contributed by atoms with Crippen molar-refractivity contribution in [2.75, 3.05) is 11.9 Å². The maximum atomic E-state index is 13.3. The summed E-state index contributed by atoms with van der Waals surface area (Å²) < 4.78 is 88.1. The summed E-state index contributed by atoms with van der Waals surface area (Å²) in [5.74, 6) is -0.800. The molecule has 4 aromatic rings. The molecule has 0 spiro atoms. The molecular weight excluding hydrogens is 500 g/mol. The van der Waals surface area contributed by atoms with Crippen molar-refractivity contribution in [1.82, 2.24) is 29.5 Å². The van der Waals surface area contributed by atoms with Crippen LogP contribution in [-0.4, -0.2) is 36.1 Å². The average Bonchev–Trinajstić information content (AvgIpc) is 3.27. The fraction of sp³-hybridized carbons (Fsp3) is 0.300. The van der Waals surface area contributed by atoms with Gasteiger partial charge in [0.15, 0.2) is 10.5 Å². The Labute approximate surface area is 197 Å². The average molecular weight is 515 g/mol. The molecule has 35 heavy (non-hydrogen) atoms. The molecule has 0 aromatic carbocycles. The van der Waals surface area contributed by atoms with E-state index in [9.17, 15) is 26.3 Å². The Morgan fingerprint density at radius 1 is 1.03 bits per heavy atom. The van der Waals surface area contributed by atoms with E-state index in [0.29, 0.717) is 29.4 Å². The molecule has 0 radical (unpaired) electrons. The number of nitrogens with zero attached hydrogens (tertiary/aromatic N) is 6. The number of hydrogen-bond acceptors (Lipinski definition) is 9. The van der Waals surface area contributed by atoms with Gasteiger partial charge in [0.2, 0.25) is 11.8 Å². The number of alkyl halides is 6. The number of pyridine rings is 2. The zero-order valence-corrected chi connectivity index (χ0v) is 18.8. The van der Waals surface area contributed by atoms with Gasteiger partial charge in [0.05, 0.1) is 18.0 Å². The molecule has 1 N–H and O–H groups in total. The Balaban J connectivity index is 1.74. The van der Waals surface area contributed by atoms with Gasteiger partial charge >= 0.3 is 12.4 Å². The Kier molecular flexibility index (Phi) is 6.44. The van der Waals surface area contributed by atoms with Gasteiger partial charge in [-0.15, -0.1) is 5.10 Å². The number of fused-ring (bicyclic) bond motifs is 1. The minimum absolute atomic E-state index is 0.0227. The van der Waals surface area contributed by atoms with Crippen LogP contribution in [0.25, 0.3) is 22.4 Å². The van der Waals surface area contributed by atoms with Gasteiger partial charge in [-0.05, 0) is 43.1 Å². The van der Waals surface area contributed by atoms with Crippen molar-refractivity contribution in [3.8, 4) is 17.3 Å². The first-order valence-corrected chi connectivity index (χ1v) is 10.8. The van der Waals surface area contributed by atoms with Crippen molar-refractivity contribution >= 4 is 34.2 Å². The van der Waals surface area contributed by atoms with E-state index >= 15 is 0 Å². The Morgan fingerprint density at radius 2 is 1.80 bits per heavy atom. The van der Waals surface area contributed by atoms with Crippen LogP contribution in [0.5, 0.6) is 5.88 Å². The smallest absolute Gasteiger partial charge is 0.429 e. The van der Waals surface area contributed by atoms with Crippen LogP contribution < -0.4 is 10.1 Å². The summed E-state index contributed by atoms with van der Waals surface area (Å²) in [6.07, 6.45) is -8.27. The van der Waals surface area contributed by atoms with Crippen molar-refractivity contribution in [2.24, 2.45) is 0 Å². The summed E-state index contributed by atoms with van der Waals surface area (Å²) >= 11 is 0.207. The molecule has 0 aliphatic heterocycles. The quantitative estimate of drug-likeness (QED) is 0.321. The normalized spacial score (nSPS) is 12.2. The number of anilines is 2. The van der Waals surface area contributed by atoms with Crippen molar-refractivity contribution in [2.45, 2.75) is 32.6 Å². The van der Waals surface area contributed by atoms with Crippen molar-refractivity contribution < 1.29 is 31.1 Å². The molecule has 0 bridgehead atoms. The van der Waals surface area contributed by atoms with E-state index in [2.05, 4.69) is 34.8 Å². The molecular formula is C20H15F6N7OS. The molecule has 0 unspecified atom stereocenters. The van der Waals surface area contributed by atoms with Gasteiger partial charge < -0.3 is 10.1 Å². The highest BCUT2D eigenvalue weighted by Gasteiger charge is 2.38. The lowest BCUT2D eigenvalue weighted by Crippen LogP contribution is -2.13. The molecule has 8 nitrogen and oxygen atoms in total. The highest BCUT2D eigenvalue weighted by Crippen LogP contribution is 2.39. The number of nitrogens with one attached hydrogen (secondary N) is 1. The van der Waals surface area contributed by atoms with Crippen LogP contribution in [0.1, 0.15) is 29.5 Å². The molecule has 184 valence electrons. The van der Waals surface area contributed by atoms with E-state index in [1.807, 2.05) is 0 Å². The van der Waals surface area contributed by atoms with Gasteiger partial charge in [-0.25, -0.2) is 15.0 Å². The molecule has 4 aromatic heterocycles. The van der Waals surface area contributed by atoms with Crippen molar-refractivity contribution in [3.63, 3.8) is 0 Å². The van der Waals surface area contributed by atoms with Crippen LogP contribution in [-0.2, 0) is 12.4 Å². The maximum absolute atomic E-state index is 13.3. The summed E-state index contributed by atoms with van der Waals surface area (Å²) in [5.41, 5.74) is -0.766. The van der Waals surface area contributed by atoms with Crippen LogP contribution in [0.15, 0.2) is 24.4 Å². The van der Waals surface area contributed by atoms with Crippen LogP contribution in [0.4, 0.5) is 38.0 Å². The number of rotatable bonds is 6. The fourth-order valence-corrected chi connectivity index (χ4v) is 3.60. The second-order valence-corrected chi connectivity index (χ2v) is 7.97. The third-order valence-electron chi connectivity index (χ3n) is 4.54. The van der Waals surface area contributed by atoms with E-state index in [0.717, 1.165) is 0 Å². The number of aromatic nitrogens is 6. The minimum atomic E-state index is -4.71. The topological polar surface area (TPSA) is 98.6 Å². The van der Waals surface area contributed by atoms with Crippen LogP contribution in [0.3, 0.4) is 0 Å². The van der Waals surface area contributed by atoms with Gasteiger partial charge in [-0.2, -0.15) is 31.3 Å². The highest BCUT2D eigenvalue weighted by atomic mass is 32.1. The predicted octanol–water partition coefficient (Wildman–Crippen LogP) is 5.82. The van der Waals surface area contributed by atoms with E-state index in [-0.39, 0.29) is 35.4 Å². The Morgan fingerprint density at radius 3 is 2.49 bits per heavy atom.